The molecule has 0 spiro atoms. The highest BCUT2D eigenvalue weighted by Crippen LogP contribution is 2.38. The number of aryl methyl sites for hydroxylation is 1. The van der Waals surface area contributed by atoms with Gasteiger partial charge in [-0.05, 0) is 25.3 Å². The first-order chi connectivity index (χ1) is 9.21. The summed E-state index contributed by atoms with van der Waals surface area (Å²) in [6.07, 6.45) is -1.88. The van der Waals surface area contributed by atoms with Crippen LogP contribution in [0.2, 0.25) is 0 Å². The molecule has 1 heterocycles. The third kappa shape index (κ3) is 2.48. The van der Waals surface area contributed by atoms with Gasteiger partial charge in [0.05, 0.1) is 5.71 Å². The first-order valence-electron chi connectivity index (χ1n) is 6.00. The van der Waals surface area contributed by atoms with Gasteiger partial charge in [-0.1, -0.05) is 12.2 Å². The Hall–Kier alpha value is -2.05. The molecule has 108 valence electrons. The summed E-state index contributed by atoms with van der Waals surface area (Å²) in [6, 6.07) is 0. The van der Waals surface area contributed by atoms with Gasteiger partial charge in [0.1, 0.15) is 11.4 Å². The average Bonchev–Trinajstić information content (AvgIpc) is 2.64. The maximum atomic E-state index is 12.5. The Morgan fingerprint density at radius 3 is 2.40 bits per heavy atom. The van der Waals surface area contributed by atoms with Gasteiger partial charge in [0.2, 0.25) is 0 Å². The lowest BCUT2D eigenvalue weighted by atomic mass is 9.95. The molecule has 1 aliphatic carbocycles. The Kier molecular flexibility index (Phi) is 3.45. The van der Waals surface area contributed by atoms with Crippen molar-refractivity contribution in [2.75, 3.05) is 0 Å². The van der Waals surface area contributed by atoms with E-state index in [-0.39, 0.29) is 30.0 Å². The lowest BCUT2D eigenvalue weighted by molar-refractivity contribution is -0.0939. The molecule has 0 bridgehead atoms. The molecule has 0 fully saturated rings. The van der Waals surface area contributed by atoms with E-state index in [2.05, 4.69) is 5.10 Å². The van der Waals surface area contributed by atoms with Crippen molar-refractivity contribution < 1.29 is 18.3 Å². The lowest BCUT2D eigenvalue weighted by Gasteiger charge is -2.17. The average molecular weight is 285 g/mol. The Morgan fingerprint density at radius 1 is 1.35 bits per heavy atom. The van der Waals surface area contributed by atoms with Gasteiger partial charge in [-0.3, -0.25) is 4.68 Å². The van der Waals surface area contributed by atoms with Gasteiger partial charge in [-0.25, -0.2) is 0 Å². The number of aromatic nitrogens is 2. The van der Waals surface area contributed by atoms with Crippen LogP contribution in [0, 0.1) is 5.41 Å². The van der Waals surface area contributed by atoms with E-state index in [1.54, 1.807) is 7.05 Å². The van der Waals surface area contributed by atoms with Crippen LogP contribution in [0.4, 0.5) is 13.2 Å². The molecule has 20 heavy (non-hydrogen) atoms. The Morgan fingerprint density at radius 2 is 2.00 bits per heavy atom. The molecule has 0 unspecified atom stereocenters. The summed E-state index contributed by atoms with van der Waals surface area (Å²) < 4.78 is 39.0. The Balaban J connectivity index is 2.42. The highest BCUT2D eigenvalue weighted by Gasteiger charge is 2.34. The van der Waals surface area contributed by atoms with Gasteiger partial charge in [-0.15, -0.1) is 0 Å². The van der Waals surface area contributed by atoms with Crippen LogP contribution in [-0.4, -0.2) is 26.8 Å². The van der Waals surface area contributed by atoms with Crippen molar-refractivity contribution in [1.29, 1.82) is 5.41 Å². The number of nitrogens with zero attached hydrogens (tertiary/aromatic N) is 2. The molecule has 0 saturated carbocycles. The fraction of sp³-hybridized carbons (Fsp3) is 0.385. The van der Waals surface area contributed by atoms with Crippen LogP contribution in [0.1, 0.15) is 31.2 Å². The topological polar surface area (TPSA) is 61.9 Å². The van der Waals surface area contributed by atoms with E-state index in [9.17, 15) is 18.3 Å². The Bertz CT molecular complexity index is 624. The highest BCUT2D eigenvalue weighted by molar-refractivity contribution is 5.98. The highest BCUT2D eigenvalue weighted by atomic mass is 19.4. The van der Waals surface area contributed by atoms with E-state index >= 15 is 0 Å². The molecule has 0 atom stereocenters. The monoisotopic (exact) mass is 285 g/mol. The molecule has 0 aromatic carbocycles. The normalized spacial score (nSPS) is 15.8. The van der Waals surface area contributed by atoms with E-state index in [1.165, 1.54) is 17.7 Å². The first-order valence-corrected chi connectivity index (χ1v) is 6.00. The van der Waals surface area contributed by atoms with Gasteiger partial charge in [0, 0.05) is 12.6 Å². The van der Waals surface area contributed by atoms with Crippen molar-refractivity contribution in [2.24, 2.45) is 7.05 Å². The molecule has 0 aliphatic heterocycles. The number of nitrogens with one attached hydrogen (secondary N) is 1. The van der Waals surface area contributed by atoms with Crippen LogP contribution >= 0.6 is 0 Å². The fourth-order valence-electron chi connectivity index (χ4n) is 2.20. The van der Waals surface area contributed by atoms with Crippen LogP contribution in [0.3, 0.4) is 0 Å². The maximum absolute atomic E-state index is 12.5. The molecule has 1 aromatic heterocycles. The van der Waals surface area contributed by atoms with Crippen LogP contribution in [-0.2, 0) is 7.05 Å². The van der Waals surface area contributed by atoms with Gasteiger partial charge in [0.25, 0.3) is 0 Å². The number of hydrogen-bond donors (Lipinski definition) is 2. The summed E-state index contributed by atoms with van der Waals surface area (Å²) in [6.45, 7) is 1.49. The molecular formula is C13H14F3N3O. The molecule has 1 aliphatic rings. The molecule has 0 amide bonds. The number of aromatic hydroxyl groups is 1. The number of hydrogen-bond acceptors (Lipinski definition) is 3. The molecule has 0 saturated heterocycles. The van der Waals surface area contributed by atoms with Crippen molar-refractivity contribution in [3.63, 3.8) is 0 Å². The quantitative estimate of drug-likeness (QED) is 0.820. The second-order valence-corrected chi connectivity index (χ2v) is 4.68. The van der Waals surface area contributed by atoms with Gasteiger partial charge in [-0.2, -0.15) is 18.3 Å². The van der Waals surface area contributed by atoms with Crippen LogP contribution in [0.15, 0.2) is 17.7 Å². The molecule has 2 N–H and O–H groups in total. The second-order valence-electron chi connectivity index (χ2n) is 4.68. The summed E-state index contributed by atoms with van der Waals surface area (Å²) in [5.41, 5.74) is 0.620. The molecule has 1 aromatic rings. The van der Waals surface area contributed by atoms with E-state index in [4.69, 9.17) is 5.41 Å². The molecule has 2 rings (SSSR count). The molecule has 4 nitrogen and oxygen atoms in total. The van der Waals surface area contributed by atoms with E-state index in [1.807, 2.05) is 0 Å². The predicted octanol–water partition coefficient (Wildman–Crippen LogP) is 3.18. The van der Waals surface area contributed by atoms with Crippen molar-refractivity contribution >= 4 is 11.3 Å². The van der Waals surface area contributed by atoms with E-state index in [0.717, 1.165) is 6.08 Å². The second kappa shape index (κ2) is 4.81. The molecular weight excluding hydrogens is 271 g/mol. The number of rotatable bonds is 2. The number of allylic oxidation sites excluding steroid dienone is 4. The zero-order chi connectivity index (χ0) is 15.1. The zero-order valence-corrected chi connectivity index (χ0v) is 11.0. The van der Waals surface area contributed by atoms with Crippen molar-refractivity contribution in [2.45, 2.75) is 25.9 Å². The minimum absolute atomic E-state index is 0.104. The van der Waals surface area contributed by atoms with Gasteiger partial charge >= 0.3 is 6.18 Å². The molecule has 7 heteroatoms. The zero-order valence-electron chi connectivity index (χ0n) is 11.0. The summed E-state index contributed by atoms with van der Waals surface area (Å²) in [4.78, 5) is 0. The summed E-state index contributed by atoms with van der Waals surface area (Å²) >= 11 is 0. The number of halogens is 3. The molecule has 0 radical (unpaired) electrons. The summed E-state index contributed by atoms with van der Waals surface area (Å²) in [5.74, 6) is -0.157. The van der Waals surface area contributed by atoms with Gasteiger partial charge in [0.15, 0.2) is 5.75 Å². The minimum Gasteiger partial charge on any atom is -0.504 e. The number of alkyl halides is 3. The summed E-state index contributed by atoms with van der Waals surface area (Å²) in [5, 5.41) is 21.6. The van der Waals surface area contributed by atoms with Crippen LogP contribution < -0.4 is 0 Å². The smallest absolute Gasteiger partial charge is 0.412 e. The standard InChI is InChI=1S/C13H14F3N3O/c1-7(17)10-12(20)11(19(2)18-10)8-3-5-9(6-4-8)13(14,15)16/h3,5,17,20H,4,6H2,1-2H3. The van der Waals surface area contributed by atoms with Crippen molar-refractivity contribution in [1.82, 2.24) is 9.78 Å². The Labute approximate surface area is 113 Å². The lowest BCUT2D eigenvalue weighted by Crippen LogP contribution is -2.14. The van der Waals surface area contributed by atoms with Crippen LogP contribution in [0.25, 0.3) is 5.57 Å². The van der Waals surface area contributed by atoms with Crippen molar-refractivity contribution in [3.05, 3.63) is 29.1 Å². The van der Waals surface area contributed by atoms with Crippen molar-refractivity contribution in [3.8, 4) is 5.75 Å². The summed E-state index contributed by atoms with van der Waals surface area (Å²) in [7, 11) is 1.59. The third-order valence-corrected chi connectivity index (χ3v) is 3.20. The van der Waals surface area contributed by atoms with Crippen LogP contribution in [0.5, 0.6) is 5.75 Å². The maximum Gasteiger partial charge on any atom is 0.412 e. The largest absolute Gasteiger partial charge is 0.504 e. The predicted molar refractivity (Wildman–Crippen MR) is 68.7 cm³/mol. The third-order valence-electron chi connectivity index (χ3n) is 3.20. The fourth-order valence-corrected chi connectivity index (χ4v) is 2.20. The minimum atomic E-state index is -4.31. The van der Waals surface area contributed by atoms with E-state index < -0.39 is 11.7 Å². The van der Waals surface area contributed by atoms with Gasteiger partial charge < -0.3 is 10.5 Å². The van der Waals surface area contributed by atoms with E-state index in [0.29, 0.717) is 11.3 Å². The first kappa shape index (κ1) is 14.4. The SMILES string of the molecule is CC(=N)c1nn(C)c(C2=CC=C(C(F)(F)F)CC2)c1O.